The van der Waals surface area contributed by atoms with Gasteiger partial charge in [-0.15, -0.1) is 0 Å². The van der Waals surface area contributed by atoms with E-state index in [0.29, 0.717) is 5.92 Å². The van der Waals surface area contributed by atoms with Crippen molar-refractivity contribution in [3.8, 4) is 0 Å². The third-order valence-electron chi connectivity index (χ3n) is 4.27. The highest BCUT2D eigenvalue weighted by atomic mass is 16.5. The van der Waals surface area contributed by atoms with Gasteiger partial charge in [0.25, 0.3) is 0 Å². The molecule has 1 aromatic heterocycles. The first-order valence-corrected chi connectivity index (χ1v) is 7.32. The van der Waals surface area contributed by atoms with E-state index in [2.05, 4.69) is 52.6 Å². The molecule has 0 amide bonds. The summed E-state index contributed by atoms with van der Waals surface area (Å²) in [6, 6.07) is 4.04. The maximum Gasteiger partial charge on any atom is 0.0668 e. The number of hydrogen-bond donors (Lipinski definition) is 1. The van der Waals surface area contributed by atoms with Gasteiger partial charge in [-0.1, -0.05) is 19.9 Å². The monoisotopic (exact) mass is 274 g/mol. The lowest BCUT2D eigenvalue weighted by Gasteiger charge is -2.37. The van der Waals surface area contributed by atoms with Crippen LogP contribution in [0.25, 0.3) is 5.57 Å². The van der Waals surface area contributed by atoms with Gasteiger partial charge < -0.3 is 5.21 Å². The number of hydroxylamine groups is 2. The Morgan fingerprint density at radius 1 is 1.20 bits per heavy atom. The maximum atomic E-state index is 10.7. The van der Waals surface area contributed by atoms with E-state index in [1.165, 1.54) is 16.2 Å². The highest BCUT2D eigenvalue weighted by Crippen LogP contribution is 2.50. The molecule has 1 aliphatic heterocycles. The summed E-state index contributed by atoms with van der Waals surface area (Å²) in [4.78, 5) is 4.25. The fourth-order valence-electron chi connectivity index (χ4n) is 3.41. The second kappa shape index (κ2) is 4.97. The molecule has 0 unspecified atom stereocenters. The average molecular weight is 274 g/mol. The van der Waals surface area contributed by atoms with E-state index in [-0.39, 0.29) is 5.54 Å². The molecule has 0 saturated heterocycles. The second-order valence-electron chi connectivity index (χ2n) is 7.12. The molecule has 0 atom stereocenters. The van der Waals surface area contributed by atoms with Crippen molar-refractivity contribution in [1.82, 2.24) is 10.0 Å². The Morgan fingerprint density at radius 2 is 1.85 bits per heavy atom. The minimum Gasteiger partial charge on any atom is -0.312 e. The first-order chi connectivity index (χ1) is 9.19. The molecule has 0 aromatic carbocycles. The number of hydrogen-bond acceptors (Lipinski definition) is 3. The third-order valence-corrected chi connectivity index (χ3v) is 4.27. The van der Waals surface area contributed by atoms with Crippen molar-refractivity contribution < 1.29 is 5.21 Å². The highest BCUT2D eigenvalue weighted by Gasteiger charge is 2.50. The Hall–Kier alpha value is -1.19. The predicted octanol–water partition coefficient (Wildman–Crippen LogP) is 4.14. The van der Waals surface area contributed by atoms with Gasteiger partial charge in [-0.2, -0.15) is 5.06 Å². The topological polar surface area (TPSA) is 36.4 Å². The van der Waals surface area contributed by atoms with Crippen LogP contribution in [0.5, 0.6) is 0 Å². The first-order valence-electron chi connectivity index (χ1n) is 7.32. The van der Waals surface area contributed by atoms with Crippen LogP contribution in [0.3, 0.4) is 0 Å². The van der Waals surface area contributed by atoms with Crippen LogP contribution in [-0.2, 0) is 0 Å². The smallest absolute Gasteiger partial charge is 0.0668 e. The fraction of sp³-hybridized carbons (Fsp3) is 0.588. The molecular formula is C17H26N2O. The van der Waals surface area contributed by atoms with Crippen molar-refractivity contribution in [3.05, 3.63) is 35.7 Å². The number of nitrogens with zero attached hydrogens (tertiary/aromatic N) is 2. The lowest BCUT2D eigenvalue weighted by atomic mass is 9.83. The average Bonchev–Trinajstić information content (AvgIpc) is 2.49. The van der Waals surface area contributed by atoms with Crippen LogP contribution in [-0.4, -0.2) is 26.3 Å². The largest absolute Gasteiger partial charge is 0.312 e. The molecule has 0 spiro atoms. The predicted molar refractivity (Wildman–Crippen MR) is 82.4 cm³/mol. The van der Waals surface area contributed by atoms with E-state index in [0.717, 1.165) is 12.0 Å². The molecule has 2 heterocycles. The third kappa shape index (κ3) is 2.29. The van der Waals surface area contributed by atoms with Gasteiger partial charge >= 0.3 is 0 Å². The second-order valence-corrected chi connectivity index (χ2v) is 7.12. The van der Waals surface area contributed by atoms with E-state index in [4.69, 9.17) is 0 Å². The van der Waals surface area contributed by atoms with Gasteiger partial charge in [-0.05, 0) is 62.8 Å². The first kappa shape index (κ1) is 15.2. The van der Waals surface area contributed by atoms with Crippen LogP contribution in [0, 0.1) is 5.92 Å². The lowest BCUT2D eigenvalue weighted by molar-refractivity contribution is -0.183. The van der Waals surface area contributed by atoms with Crippen molar-refractivity contribution in [1.29, 1.82) is 0 Å². The van der Waals surface area contributed by atoms with Crippen LogP contribution in [0.2, 0.25) is 0 Å². The van der Waals surface area contributed by atoms with Crippen molar-refractivity contribution in [3.63, 3.8) is 0 Å². The van der Waals surface area contributed by atoms with Gasteiger partial charge in [0.05, 0.1) is 11.1 Å². The molecule has 0 saturated carbocycles. The van der Waals surface area contributed by atoms with Gasteiger partial charge in [-0.3, -0.25) is 4.98 Å². The highest BCUT2D eigenvalue weighted by molar-refractivity contribution is 5.79. The molecule has 3 nitrogen and oxygen atoms in total. The van der Waals surface area contributed by atoms with Crippen LogP contribution in [0.4, 0.5) is 0 Å². The maximum absolute atomic E-state index is 10.7. The number of aromatic nitrogens is 1. The summed E-state index contributed by atoms with van der Waals surface area (Å²) in [7, 11) is 0. The van der Waals surface area contributed by atoms with E-state index in [1.807, 2.05) is 12.3 Å². The van der Waals surface area contributed by atoms with Crippen LogP contribution in [0.1, 0.15) is 53.5 Å². The molecule has 2 rings (SSSR count). The molecule has 0 aliphatic carbocycles. The normalized spacial score (nSPS) is 21.8. The van der Waals surface area contributed by atoms with Crippen molar-refractivity contribution >= 4 is 5.57 Å². The van der Waals surface area contributed by atoms with Crippen LogP contribution < -0.4 is 0 Å². The van der Waals surface area contributed by atoms with Gasteiger partial charge in [0.15, 0.2) is 0 Å². The molecule has 1 aliphatic rings. The summed E-state index contributed by atoms with van der Waals surface area (Å²) in [6.45, 7) is 12.8. The van der Waals surface area contributed by atoms with Gasteiger partial charge in [0.2, 0.25) is 0 Å². The summed E-state index contributed by atoms with van der Waals surface area (Å²) in [6.07, 6.45) is 4.67. The van der Waals surface area contributed by atoms with Crippen LogP contribution >= 0.6 is 0 Å². The SMILES string of the molecule is CC(C)CC1=C(c2cccnc2)C(C)(C)N(O)C1(C)C. The molecule has 110 valence electrons. The molecule has 0 bridgehead atoms. The van der Waals surface area contributed by atoms with Gasteiger partial charge in [0.1, 0.15) is 0 Å². The Labute approximate surface area is 122 Å². The molecule has 0 fully saturated rings. The Balaban J connectivity index is 2.65. The van der Waals surface area contributed by atoms with E-state index >= 15 is 0 Å². The van der Waals surface area contributed by atoms with Crippen molar-refractivity contribution in [2.24, 2.45) is 5.92 Å². The Morgan fingerprint density at radius 3 is 2.35 bits per heavy atom. The standard InChI is InChI=1S/C17H26N2O/c1-12(2)10-14-15(13-8-7-9-18-11-13)17(5,6)19(20)16(14,3)4/h7-9,11-12,20H,10H2,1-6H3. The summed E-state index contributed by atoms with van der Waals surface area (Å²) in [5.41, 5.74) is 2.88. The minimum absolute atomic E-state index is 0.348. The summed E-state index contributed by atoms with van der Waals surface area (Å²) >= 11 is 0. The van der Waals surface area contributed by atoms with Crippen molar-refractivity contribution in [2.45, 2.75) is 59.0 Å². The zero-order chi connectivity index (χ0) is 15.1. The fourth-order valence-corrected chi connectivity index (χ4v) is 3.41. The molecule has 1 aromatic rings. The molecule has 3 heteroatoms. The molecular weight excluding hydrogens is 248 g/mol. The van der Waals surface area contributed by atoms with Crippen LogP contribution in [0.15, 0.2) is 30.1 Å². The Bertz CT molecular complexity index is 515. The summed E-state index contributed by atoms with van der Waals surface area (Å²) < 4.78 is 0. The van der Waals surface area contributed by atoms with E-state index in [9.17, 15) is 5.21 Å². The summed E-state index contributed by atoms with van der Waals surface area (Å²) in [5, 5.41) is 12.2. The molecule has 1 N–H and O–H groups in total. The van der Waals surface area contributed by atoms with Gasteiger partial charge in [0, 0.05) is 12.4 Å². The minimum atomic E-state index is -0.406. The zero-order valence-corrected chi connectivity index (χ0v) is 13.4. The number of rotatable bonds is 3. The lowest BCUT2D eigenvalue weighted by Crippen LogP contribution is -2.48. The van der Waals surface area contributed by atoms with Crippen molar-refractivity contribution in [2.75, 3.05) is 0 Å². The zero-order valence-electron chi connectivity index (χ0n) is 13.4. The number of pyridine rings is 1. The van der Waals surface area contributed by atoms with E-state index in [1.54, 1.807) is 6.20 Å². The van der Waals surface area contributed by atoms with Gasteiger partial charge in [-0.25, -0.2) is 0 Å². The van der Waals surface area contributed by atoms with E-state index < -0.39 is 5.54 Å². The Kier molecular flexibility index (Phi) is 3.78. The summed E-state index contributed by atoms with van der Waals surface area (Å²) in [5.74, 6) is 0.554. The quantitative estimate of drug-likeness (QED) is 0.899. The molecule has 0 radical (unpaired) electrons. The molecule has 20 heavy (non-hydrogen) atoms.